The van der Waals surface area contributed by atoms with E-state index >= 15 is 0 Å². The molecule has 0 rings (SSSR count). The summed E-state index contributed by atoms with van der Waals surface area (Å²) in [5, 5.41) is 8.62. The Hall–Kier alpha value is 1.11. The molecule has 2 unspecified atom stereocenters. The molecule has 1 radical (unpaired) electrons. The maximum Gasteiger partial charge on any atom is 0 e. The molecular weight excluding hydrogens is 354 g/mol. The number of hydrogen-bond donors (Lipinski definition) is 1. The molecule has 0 aliphatic carbocycles. The summed E-state index contributed by atoms with van der Waals surface area (Å²) < 4.78 is -0.111. The van der Waals surface area contributed by atoms with Crippen LogP contribution in [0.1, 0.15) is 6.92 Å². The molecule has 0 spiro atoms. The van der Waals surface area contributed by atoms with Gasteiger partial charge in [-0.25, -0.2) is 0 Å². The van der Waals surface area contributed by atoms with Gasteiger partial charge in [0.05, 0.1) is 0 Å². The van der Waals surface area contributed by atoms with Crippen LogP contribution in [0.3, 0.4) is 0 Å². The Morgan fingerprint density at radius 3 is 2.12 bits per heavy atom. The Labute approximate surface area is 76.5 Å². The third-order valence-corrected chi connectivity index (χ3v) is 2.62. The molecule has 0 aliphatic rings. The van der Waals surface area contributed by atoms with E-state index in [4.69, 9.17) is 5.11 Å². The Balaban J connectivity index is 0. The second kappa shape index (κ2) is 6.23. The van der Waals surface area contributed by atoms with E-state index in [0.29, 0.717) is 0 Å². The molecule has 0 bridgehead atoms. The third-order valence-electron chi connectivity index (χ3n) is 0.634. The van der Waals surface area contributed by atoms with Gasteiger partial charge in [-0.1, -0.05) is 0 Å². The van der Waals surface area contributed by atoms with Gasteiger partial charge in [0.2, 0.25) is 0 Å². The molecule has 0 aromatic carbocycles. The van der Waals surface area contributed by atoms with Crippen molar-refractivity contribution in [1.29, 1.82) is 0 Å². The molecule has 4 heteroatoms. The third kappa shape index (κ3) is 5.25. The van der Waals surface area contributed by atoms with E-state index in [-0.39, 0.29) is 26.5 Å². The fourth-order valence-electron chi connectivity index (χ4n) is 0.114. The summed E-state index contributed by atoms with van der Waals surface area (Å²) in [6.45, 7) is 1.62. The zero-order chi connectivity index (χ0) is 5.86. The Kier molecular flexibility index (Phi) is 9.24. The minimum absolute atomic E-state index is 0. The van der Waals surface area contributed by atoms with E-state index in [1.165, 1.54) is 0 Å². The fraction of sp³-hybridized carbons (Fsp3) is 0.750. The molecule has 0 saturated heterocycles. The van der Waals surface area contributed by atoms with Crippen LogP contribution in [0.15, 0.2) is 0 Å². The maximum atomic E-state index is 9.81. The van der Waals surface area contributed by atoms with E-state index in [9.17, 15) is 4.79 Å². The molecule has 0 aliphatic heterocycles. The summed E-state index contributed by atoms with van der Waals surface area (Å²) in [7, 11) is 0. The van der Waals surface area contributed by atoms with Gasteiger partial charge in [0.25, 0.3) is 0 Å². The van der Waals surface area contributed by atoms with Crippen LogP contribution in [0.4, 0.5) is 0 Å². The van der Waals surface area contributed by atoms with Crippen molar-refractivity contribution in [3.8, 4) is 0 Å². The molecule has 8 heavy (non-hydrogen) atoms. The van der Waals surface area contributed by atoms with Gasteiger partial charge >= 0.3 is 54.4 Å². The van der Waals surface area contributed by atoms with Crippen molar-refractivity contribution in [2.75, 3.05) is 0 Å². The minimum atomic E-state index is -0.453. The minimum Gasteiger partial charge on any atom is 0 e. The van der Waals surface area contributed by atoms with Crippen LogP contribution in [0.25, 0.3) is 0 Å². The van der Waals surface area contributed by atoms with Crippen molar-refractivity contribution in [3.05, 3.63) is 0 Å². The summed E-state index contributed by atoms with van der Waals surface area (Å²) in [5.74, 6) is 0. The number of rotatable bonds is 2. The Morgan fingerprint density at radius 2 is 2.12 bits per heavy atom. The summed E-state index contributed by atoms with van der Waals surface area (Å²) in [6.07, 6.45) is 0.337. The number of hydrogen-bond acceptors (Lipinski definition) is 2. The average molecular weight is 361 g/mol. The van der Waals surface area contributed by atoms with Gasteiger partial charge < -0.3 is 0 Å². The van der Waals surface area contributed by atoms with E-state index in [1.807, 2.05) is 0 Å². The topological polar surface area (TPSA) is 37.3 Å². The maximum absolute atomic E-state index is 9.81. The van der Waals surface area contributed by atoms with Crippen LogP contribution in [-0.4, -0.2) is 17.5 Å². The zero-order valence-corrected chi connectivity index (χ0v) is 9.89. The number of aliphatic hydroxyl groups excluding tert-OH is 1. The molecule has 0 amide bonds. The van der Waals surface area contributed by atoms with Crippen molar-refractivity contribution >= 4 is 6.29 Å². The first-order valence-corrected chi connectivity index (χ1v) is 3.85. The summed E-state index contributed by atoms with van der Waals surface area (Å²) in [5.41, 5.74) is 0. The van der Waals surface area contributed by atoms with E-state index in [2.05, 4.69) is 0 Å². The van der Waals surface area contributed by atoms with Gasteiger partial charge in [-0.2, -0.15) is 0 Å². The molecule has 0 saturated carbocycles. The van der Waals surface area contributed by atoms with E-state index in [1.54, 1.807) is 6.92 Å². The van der Waals surface area contributed by atoms with E-state index < -0.39 is 6.10 Å². The largest absolute Gasteiger partial charge is 0 e. The summed E-state index contributed by atoms with van der Waals surface area (Å²) >= 11 is 0.941. The van der Waals surface area contributed by atoms with Crippen molar-refractivity contribution in [2.24, 2.45) is 0 Å². The van der Waals surface area contributed by atoms with Crippen molar-refractivity contribution < 1.29 is 53.3 Å². The van der Waals surface area contributed by atoms with Crippen molar-refractivity contribution in [2.45, 2.75) is 17.2 Å². The predicted molar refractivity (Wildman–Crippen MR) is 21.5 cm³/mol. The second-order valence-corrected chi connectivity index (χ2v) is 3.51. The fourth-order valence-corrected chi connectivity index (χ4v) is 0.114. The van der Waals surface area contributed by atoms with Gasteiger partial charge in [0.15, 0.2) is 0 Å². The quantitative estimate of drug-likeness (QED) is 0.551. The van der Waals surface area contributed by atoms with Gasteiger partial charge in [-0.05, 0) is 0 Å². The van der Waals surface area contributed by atoms with Gasteiger partial charge in [-0.3, -0.25) is 0 Å². The molecule has 0 aromatic heterocycles. The SMILES string of the molecule is CC(O)[CH]([Ta])C=O.[Nb]. The number of aldehydes is 1. The second-order valence-electron chi connectivity index (χ2n) is 1.37. The molecule has 45 valence electrons. The van der Waals surface area contributed by atoms with Crippen LogP contribution >= 0.6 is 0 Å². The predicted octanol–water partition coefficient (Wildman–Crippen LogP) is -0.101. The summed E-state index contributed by atoms with van der Waals surface area (Å²) in [6, 6.07) is 0. The monoisotopic (exact) mass is 361 g/mol. The first-order valence-electron chi connectivity index (χ1n) is 2.00. The molecule has 2 atom stereocenters. The van der Waals surface area contributed by atoms with Crippen LogP contribution in [0, 0.1) is 0 Å². The average Bonchev–Trinajstić information content (AvgIpc) is 1.65. The molecule has 0 fully saturated rings. The van der Waals surface area contributed by atoms with Crippen LogP contribution in [0.2, 0.25) is 4.14 Å². The molecular formula is C4H7NbO2Ta. The first-order chi connectivity index (χ1) is 3.18. The normalized spacial score (nSPS) is 15.8. The van der Waals surface area contributed by atoms with E-state index in [0.717, 1.165) is 27.4 Å². The van der Waals surface area contributed by atoms with Crippen LogP contribution < -0.4 is 0 Å². The smallest absolute Gasteiger partial charge is 0 e. The van der Waals surface area contributed by atoms with Crippen molar-refractivity contribution in [3.63, 3.8) is 0 Å². The number of aliphatic hydroxyl groups is 1. The zero-order valence-electron chi connectivity index (χ0n) is 4.48. The Bertz CT molecular complexity index is 67.1. The first kappa shape index (κ1) is 11.9. The van der Waals surface area contributed by atoms with Crippen LogP contribution in [0.5, 0.6) is 0 Å². The molecule has 2 nitrogen and oxygen atoms in total. The van der Waals surface area contributed by atoms with Crippen LogP contribution in [-0.2, 0) is 48.2 Å². The van der Waals surface area contributed by atoms with Gasteiger partial charge in [0, 0.05) is 22.4 Å². The number of carbonyl (C=O) groups is 1. The molecule has 0 aromatic rings. The van der Waals surface area contributed by atoms with Gasteiger partial charge in [-0.15, -0.1) is 0 Å². The molecule has 0 heterocycles. The van der Waals surface area contributed by atoms with Gasteiger partial charge in [0.1, 0.15) is 0 Å². The molecule has 1 N–H and O–H groups in total. The Morgan fingerprint density at radius 1 is 1.75 bits per heavy atom. The standard InChI is InChI=1S/C4H7O2.Nb.Ta/c1-4(6)2-3-5;;/h2-4,6H,1H3;;. The van der Waals surface area contributed by atoms with Crippen molar-refractivity contribution in [1.82, 2.24) is 0 Å². The summed E-state index contributed by atoms with van der Waals surface area (Å²) in [4.78, 5) is 9.81. The number of carbonyl (C=O) groups excluding carboxylic acids is 1.